The van der Waals surface area contributed by atoms with Crippen LogP contribution in [0.15, 0.2) is 42.6 Å². The zero-order valence-electron chi connectivity index (χ0n) is 16.4. The third-order valence-corrected chi connectivity index (χ3v) is 5.26. The predicted molar refractivity (Wildman–Crippen MR) is 109 cm³/mol. The van der Waals surface area contributed by atoms with Crippen LogP contribution >= 0.6 is 0 Å². The molecule has 1 aromatic heterocycles. The fourth-order valence-corrected chi connectivity index (χ4v) is 3.65. The van der Waals surface area contributed by atoms with Gasteiger partial charge in [-0.15, -0.1) is 0 Å². The fraction of sp³-hybridized carbons (Fsp3) is 0.409. The molecule has 29 heavy (non-hydrogen) atoms. The summed E-state index contributed by atoms with van der Waals surface area (Å²) in [7, 11) is 0. The smallest absolute Gasteiger partial charge is 0.222 e. The number of hydrogen-bond acceptors (Lipinski definition) is 6. The minimum Gasteiger partial charge on any atom is -0.486 e. The Labute approximate surface area is 170 Å². The Morgan fingerprint density at radius 3 is 2.48 bits per heavy atom. The van der Waals surface area contributed by atoms with Crippen LogP contribution in [-0.4, -0.2) is 61.0 Å². The minimum atomic E-state index is 0.0229. The van der Waals surface area contributed by atoms with Crippen molar-refractivity contribution in [1.82, 2.24) is 9.88 Å². The van der Waals surface area contributed by atoms with E-state index in [0.29, 0.717) is 62.6 Å². The van der Waals surface area contributed by atoms with Crippen LogP contribution in [0.5, 0.6) is 11.5 Å². The van der Waals surface area contributed by atoms with E-state index in [-0.39, 0.29) is 11.7 Å². The number of benzene rings is 1. The van der Waals surface area contributed by atoms with Crippen molar-refractivity contribution < 1.29 is 19.1 Å². The summed E-state index contributed by atoms with van der Waals surface area (Å²) in [6, 6.07) is 11.1. The average molecular weight is 395 g/mol. The van der Waals surface area contributed by atoms with Gasteiger partial charge in [0.25, 0.3) is 0 Å². The summed E-state index contributed by atoms with van der Waals surface area (Å²) in [5.74, 6) is 2.37. The Hall–Kier alpha value is -3.09. The number of fused-ring (bicyclic) bond motifs is 1. The number of pyridine rings is 1. The van der Waals surface area contributed by atoms with Crippen LogP contribution in [0.25, 0.3) is 0 Å². The molecule has 2 aliphatic heterocycles. The number of rotatable bonds is 6. The van der Waals surface area contributed by atoms with Crippen molar-refractivity contribution in [2.75, 3.05) is 44.3 Å². The molecule has 0 atom stereocenters. The summed E-state index contributed by atoms with van der Waals surface area (Å²) in [5.41, 5.74) is 0.602. The van der Waals surface area contributed by atoms with Crippen LogP contribution in [0, 0.1) is 0 Å². The summed E-state index contributed by atoms with van der Waals surface area (Å²) in [6.07, 6.45) is 3.07. The number of piperazine rings is 1. The van der Waals surface area contributed by atoms with E-state index in [2.05, 4.69) is 9.88 Å². The number of hydrogen-bond donors (Lipinski definition) is 0. The molecule has 2 aromatic rings. The summed E-state index contributed by atoms with van der Waals surface area (Å²) in [6.45, 7) is 3.94. The molecule has 0 bridgehead atoms. The molecule has 1 fully saturated rings. The minimum absolute atomic E-state index is 0.0229. The highest BCUT2D eigenvalue weighted by atomic mass is 16.6. The Bertz CT molecular complexity index is 864. The van der Waals surface area contributed by atoms with E-state index in [4.69, 9.17) is 9.47 Å². The molecule has 0 unspecified atom stereocenters. The first-order chi connectivity index (χ1) is 14.2. The molecule has 7 heteroatoms. The van der Waals surface area contributed by atoms with Crippen molar-refractivity contribution in [3.05, 3.63) is 48.2 Å². The Morgan fingerprint density at radius 2 is 1.72 bits per heavy atom. The number of carbonyl (C=O) groups excluding carboxylic acids is 2. The van der Waals surface area contributed by atoms with Gasteiger partial charge in [0.15, 0.2) is 17.3 Å². The highest BCUT2D eigenvalue weighted by molar-refractivity contribution is 5.96. The molecule has 1 amide bonds. The highest BCUT2D eigenvalue weighted by Crippen LogP contribution is 2.31. The molecule has 0 radical (unpaired) electrons. The summed E-state index contributed by atoms with van der Waals surface area (Å²) in [5, 5.41) is 0. The SMILES string of the molecule is O=C(CCCC(=O)N1CCN(c2ccccn2)CC1)c1ccc2c(c1)OCCO2. The zero-order valence-corrected chi connectivity index (χ0v) is 16.4. The number of nitrogens with zero attached hydrogens (tertiary/aromatic N) is 3. The van der Waals surface area contributed by atoms with Crippen LogP contribution in [0.1, 0.15) is 29.6 Å². The van der Waals surface area contributed by atoms with Crippen LogP contribution in [0.3, 0.4) is 0 Å². The molecule has 1 saturated heterocycles. The van der Waals surface area contributed by atoms with E-state index in [0.717, 1.165) is 18.9 Å². The van der Waals surface area contributed by atoms with E-state index in [9.17, 15) is 9.59 Å². The van der Waals surface area contributed by atoms with Gasteiger partial charge in [-0.25, -0.2) is 4.98 Å². The second kappa shape index (κ2) is 8.94. The van der Waals surface area contributed by atoms with Gasteiger partial charge in [-0.05, 0) is 36.8 Å². The number of carbonyl (C=O) groups is 2. The molecule has 3 heterocycles. The Morgan fingerprint density at radius 1 is 0.931 bits per heavy atom. The number of Topliss-reactive ketones (excluding diaryl/α,β-unsaturated/α-hetero) is 1. The largest absolute Gasteiger partial charge is 0.486 e. The van der Waals surface area contributed by atoms with Crippen molar-refractivity contribution in [2.24, 2.45) is 0 Å². The quantitative estimate of drug-likeness (QED) is 0.700. The lowest BCUT2D eigenvalue weighted by molar-refractivity contribution is -0.131. The van der Waals surface area contributed by atoms with Gasteiger partial charge in [0.05, 0.1) is 0 Å². The second-order valence-corrected chi connectivity index (χ2v) is 7.19. The topological polar surface area (TPSA) is 72.0 Å². The van der Waals surface area contributed by atoms with Gasteiger partial charge in [-0.2, -0.15) is 0 Å². The molecule has 0 aliphatic carbocycles. The van der Waals surface area contributed by atoms with Gasteiger partial charge in [0.1, 0.15) is 19.0 Å². The third-order valence-electron chi connectivity index (χ3n) is 5.26. The van der Waals surface area contributed by atoms with E-state index < -0.39 is 0 Å². The Balaban J connectivity index is 1.22. The Kier molecular flexibility index (Phi) is 5.93. The first-order valence-corrected chi connectivity index (χ1v) is 10.1. The summed E-state index contributed by atoms with van der Waals surface area (Å²) < 4.78 is 11.0. The van der Waals surface area contributed by atoms with Crippen molar-refractivity contribution >= 4 is 17.5 Å². The normalized spacial score (nSPS) is 15.9. The molecule has 4 rings (SSSR count). The van der Waals surface area contributed by atoms with Gasteiger partial charge in [0, 0.05) is 50.8 Å². The zero-order chi connectivity index (χ0) is 20.1. The van der Waals surface area contributed by atoms with Gasteiger partial charge in [-0.1, -0.05) is 6.07 Å². The van der Waals surface area contributed by atoms with Gasteiger partial charge in [0.2, 0.25) is 5.91 Å². The number of anilines is 1. The molecule has 1 aromatic carbocycles. The molecular weight excluding hydrogens is 370 g/mol. The maximum absolute atomic E-state index is 12.5. The van der Waals surface area contributed by atoms with Crippen LogP contribution < -0.4 is 14.4 Å². The standard InChI is InChI=1S/C22H25N3O4/c26-18(17-7-8-19-20(16-17)29-15-14-28-19)4-3-6-22(27)25-12-10-24(11-13-25)21-5-1-2-9-23-21/h1-2,5,7-9,16H,3-4,6,10-15H2. The number of amides is 1. The third kappa shape index (κ3) is 4.67. The molecule has 2 aliphatic rings. The van der Waals surface area contributed by atoms with Crippen molar-refractivity contribution in [1.29, 1.82) is 0 Å². The number of aromatic nitrogens is 1. The monoisotopic (exact) mass is 395 g/mol. The molecule has 7 nitrogen and oxygen atoms in total. The molecule has 0 N–H and O–H groups in total. The van der Waals surface area contributed by atoms with Crippen molar-refractivity contribution in [3.63, 3.8) is 0 Å². The van der Waals surface area contributed by atoms with Crippen LogP contribution in [-0.2, 0) is 4.79 Å². The maximum atomic E-state index is 12.5. The predicted octanol–water partition coefficient (Wildman–Crippen LogP) is 2.55. The van der Waals surface area contributed by atoms with E-state index in [1.807, 2.05) is 23.1 Å². The number of ketones is 1. The van der Waals surface area contributed by atoms with Gasteiger partial charge < -0.3 is 19.3 Å². The molecule has 152 valence electrons. The number of ether oxygens (including phenoxy) is 2. The molecular formula is C22H25N3O4. The summed E-state index contributed by atoms with van der Waals surface area (Å²) >= 11 is 0. The first kappa shape index (κ1) is 19.2. The first-order valence-electron chi connectivity index (χ1n) is 10.1. The van der Waals surface area contributed by atoms with E-state index >= 15 is 0 Å². The van der Waals surface area contributed by atoms with Crippen molar-refractivity contribution in [3.8, 4) is 11.5 Å². The van der Waals surface area contributed by atoms with Crippen LogP contribution in [0.2, 0.25) is 0 Å². The lowest BCUT2D eigenvalue weighted by Gasteiger charge is -2.35. The molecule has 0 spiro atoms. The average Bonchev–Trinajstić information content (AvgIpc) is 2.79. The van der Waals surface area contributed by atoms with E-state index in [1.165, 1.54) is 0 Å². The maximum Gasteiger partial charge on any atom is 0.222 e. The van der Waals surface area contributed by atoms with Gasteiger partial charge >= 0.3 is 0 Å². The lowest BCUT2D eigenvalue weighted by atomic mass is 10.0. The lowest BCUT2D eigenvalue weighted by Crippen LogP contribution is -2.49. The van der Waals surface area contributed by atoms with Crippen LogP contribution in [0.4, 0.5) is 5.82 Å². The van der Waals surface area contributed by atoms with Gasteiger partial charge in [-0.3, -0.25) is 9.59 Å². The van der Waals surface area contributed by atoms with Crippen molar-refractivity contribution in [2.45, 2.75) is 19.3 Å². The molecule has 0 saturated carbocycles. The second-order valence-electron chi connectivity index (χ2n) is 7.19. The van der Waals surface area contributed by atoms with E-state index in [1.54, 1.807) is 24.4 Å². The highest BCUT2D eigenvalue weighted by Gasteiger charge is 2.22. The summed E-state index contributed by atoms with van der Waals surface area (Å²) in [4.78, 5) is 33.4. The fourth-order valence-electron chi connectivity index (χ4n) is 3.65.